The summed E-state index contributed by atoms with van der Waals surface area (Å²) in [4.78, 5) is 28.2. The fraction of sp³-hybridized carbons (Fsp3) is 0.932. The third-order valence-corrected chi connectivity index (χ3v) is 19.9. The molecule has 0 amide bonds. The number of rotatable bonds is 15. The Hall–Kier alpha value is -1.68. The fourth-order valence-corrected chi connectivity index (χ4v) is 15.7. The summed E-state index contributed by atoms with van der Waals surface area (Å²) < 4.78 is 37.9. The van der Waals surface area contributed by atoms with Crippen LogP contribution in [-0.4, -0.2) is 91.1 Å². The van der Waals surface area contributed by atoms with E-state index in [-0.39, 0.29) is 41.9 Å². The highest BCUT2D eigenvalue weighted by atomic mass is 16.7. The van der Waals surface area contributed by atoms with Gasteiger partial charge in [-0.05, 0) is 214 Å². The molecular weight excluding hydrogens is 851 g/mol. The second kappa shape index (κ2) is 25.3. The van der Waals surface area contributed by atoms with Crippen LogP contribution in [0.25, 0.3) is 0 Å². The van der Waals surface area contributed by atoms with Crippen LogP contribution in [0.1, 0.15) is 234 Å². The van der Waals surface area contributed by atoms with Crippen molar-refractivity contribution in [3.63, 3.8) is 0 Å². The SMILES string of the molecule is COC1CCCC(OC2CCCC(N(C3CCC(C=CC4CCCCC4)CC3)C3CCCC(OC4CCCC(OC(=O)OC5CCC(C(C)(C)C6CCC(OC(C)=O)C(C)C6)CC5C)C4)C3)C2)C1. The lowest BCUT2D eigenvalue weighted by atomic mass is 9.58. The first-order valence-electron chi connectivity index (χ1n) is 29.2. The maximum absolute atomic E-state index is 13.5. The molecular formula is C59H99NO8. The van der Waals surface area contributed by atoms with E-state index >= 15 is 0 Å². The van der Waals surface area contributed by atoms with E-state index in [9.17, 15) is 9.59 Å². The van der Waals surface area contributed by atoms with Gasteiger partial charge < -0.3 is 28.4 Å². The lowest BCUT2D eigenvalue weighted by Gasteiger charge is -2.50. The van der Waals surface area contributed by atoms with Crippen molar-refractivity contribution in [3.8, 4) is 0 Å². The van der Waals surface area contributed by atoms with Gasteiger partial charge in [-0.15, -0.1) is 0 Å². The standard InChI is InChI=1S/C59H99NO8/c1-40-34-45(28-32-56(40)64-42(3)61)59(4,5)46-29-33-57(41(2)35-46)68-58(62)67-55-23-13-22-54(39-55)66-52-20-11-17-49(37-52)60(47-30-26-44(27-31-47)25-24-43-14-8-7-9-15-43)48-16-10-19-51(36-48)65-53-21-12-18-50(38-53)63-6/h24-25,40-41,43-57H,7-23,26-39H2,1-6H3. The number of hydrogen-bond donors (Lipinski definition) is 0. The zero-order valence-electron chi connectivity index (χ0n) is 44.1. The van der Waals surface area contributed by atoms with E-state index in [0.717, 1.165) is 95.3 Å². The van der Waals surface area contributed by atoms with Gasteiger partial charge in [-0.3, -0.25) is 9.69 Å². The summed E-state index contributed by atoms with van der Waals surface area (Å²) in [5, 5.41) is 0. The van der Waals surface area contributed by atoms with E-state index in [0.29, 0.717) is 60.1 Å². The van der Waals surface area contributed by atoms with Crippen LogP contribution >= 0.6 is 0 Å². The van der Waals surface area contributed by atoms with E-state index in [4.69, 9.17) is 28.4 Å². The van der Waals surface area contributed by atoms with Crippen LogP contribution in [0.3, 0.4) is 0 Å². The number of carbonyl (C=O) groups excluding carboxylic acids is 2. The van der Waals surface area contributed by atoms with Crippen LogP contribution < -0.4 is 0 Å². The molecule has 8 fully saturated rings. The second-order valence-corrected chi connectivity index (χ2v) is 25.0. The van der Waals surface area contributed by atoms with Gasteiger partial charge in [0.15, 0.2) is 0 Å². The minimum atomic E-state index is -0.479. The largest absolute Gasteiger partial charge is 0.508 e. The van der Waals surface area contributed by atoms with Crippen molar-refractivity contribution in [1.29, 1.82) is 0 Å². The van der Waals surface area contributed by atoms with Gasteiger partial charge in [0.25, 0.3) is 0 Å². The first-order valence-corrected chi connectivity index (χ1v) is 29.2. The van der Waals surface area contributed by atoms with Crippen LogP contribution in [0.15, 0.2) is 12.2 Å². The van der Waals surface area contributed by atoms with Crippen molar-refractivity contribution in [2.75, 3.05) is 7.11 Å². The fourth-order valence-electron chi connectivity index (χ4n) is 15.7. The van der Waals surface area contributed by atoms with Gasteiger partial charge in [-0.1, -0.05) is 59.1 Å². The molecule has 0 bridgehead atoms. The Bertz CT molecular complexity index is 1570. The molecule has 388 valence electrons. The summed E-state index contributed by atoms with van der Waals surface area (Å²) in [7, 11) is 1.87. The molecule has 14 unspecified atom stereocenters. The highest BCUT2D eigenvalue weighted by molar-refractivity contribution is 5.66. The topological polar surface area (TPSA) is 92.8 Å². The van der Waals surface area contributed by atoms with Crippen molar-refractivity contribution in [3.05, 3.63) is 12.2 Å². The first kappa shape index (κ1) is 52.6. The molecule has 0 spiro atoms. The molecule has 0 aromatic heterocycles. The van der Waals surface area contributed by atoms with Gasteiger partial charge in [-0.2, -0.15) is 0 Å². The molecule has 0 radical (unpaired) electrons. The van der Waals surface area contributed by atoms with Gasteiger partial charge in [-0.25, -0.2) is 4.79 Å². The zero-order chi connectivity index (χ0) is 47.6. The number of hydrogen-bond acceptors (Lipinski definition) is 9. The molecule has 8 aliphatic rings. The summed E-state index contributed by atoms with van der Waals surface area (Å²) >= 11 is 0. The Morgan fingerprint density at radius 2 is 0.926 bits per heavy atom. The number of nitrogens with zero attached hydrogens (tertiary/aromatic N) is 1. The first-order chi connectivity index (χ1) is 32.9. The summed E-state index contributed by atoms with van der Waals surface area (Å²) in [6, 6.07) is 1.80. The monoisotopic (exact) mass is 950 g/mol. The molecule has 8 aliphatic carbocycles. The molecule has 0 saturated heterocycles. The zero-order valence-corrected chi connectivity index (χ0v) is 44.1. The number of ether oxygens (including phenoxy) is 6. The van der Waals surface area contributed by atoms with E-state index in [1.807, 2.05) is 7.11 Å². The highest BCUT2D eigenvalue weighted by Gasteiger charge is 2.46. The van der Waals surface area contributed by atoms with Crippen LogP contribution in [0.4, 0.5) is 4.79 Å². The van der Waals surface area contributed by atoms with E-state index in [1.54, 1.807) is 0 Å². The van der Waals surface area contributed by atoms with Crippen molar-refractivity contribution >= 4 is 12.1 Å². The predicted octanol–water partition coefficient (Wildman–Crippen LogP) is 14.3. The Labute approximate surface area is 414 Å². The van der Waals surface area contributed by atoms with Crippen LogP contribution in [0.5, 0.6) is 0 Å². The molecule has 0 aromatic carbocycles. The Morgan fingerprint density at radius 1 is 0.456 bits per heavy atom. The molecule has 8 rings (SSSR count). The average Bonchev–Trinajstić information content (AvgIpc) is 3.33. The molecule has 9 nitrogen and oxygen atoms in total. The Kier molecular flexibility index (Phi) is 19.6. The van der Waals surface area contributed by atoms with Crippen LogP contribution in [0, 0.1) is 40.9 Å². The van der Waals surface area contributed by atoms with Gasteiger partial charge in [0, 0.05) is 38.6 Å². The van der Waals surface area contributed by atoms with Gasteiger partial charge >= 0.3 is 12.1 Å². The lowest BCUT2D eigenvalue weighted by molar-refractivity contribution is -0.152. The maximum atomic E-state index is 13.5. The predicted molar refractivity (Wildman–Crippen MR) is 270 cm³/mol. The molecule has 0 aliphatic heterocycles. The minimum Gasteiger partial charge on any atom is -0.462 e. The molecule has 68 heavy (non-hydrogen) atoms. The van der Waals surface area contributed by atoms with Gasteiger partial charge in [0.2, 0.25) is 0 Å². The normalized spacial score (nSPS) is 40.5. The molecule has 14 atom stereocenters. The quantitative estimate of drug-likeness (QED) is 0.118. The van der Waals surface area contributed by atoms with Crippen molar-refractivity contribution < 1.29 is 38.0 Å². The van der Waals surface area contributed by atoms with Crippen LogP contribution in [0.2, 0.25) is 0 Å². The molecule has 0 aromatic rings. The van der Waals surface area contributed by atoms with Gasteiger partial charge in [0.05, 0.1) is 30.5 Å². The Morgan fingerprint density at radius 3 is 1.46 bits per heavy atom. The van der Waals surface area contributed by atoms with Gasteiger partial charge in [0.1, 0.15) is 18.3 Å². The van der Waals surface area contributed by atoms with Crippen LogP contribution in [-0.2, 0) is 33.2 Å². The summed E-state index contributed by atoms with van der Waals surface area (Å²) in [6.07, 6.45) is 42.6. The summed E-state index contributed by atoms with van der Waals surface area (Å²) in [5.41, 5.74) is 0.185. The highest BCUT2D eigenvalue weighted by Crippen LogP contribution is 2.51. The third-order valence-electron chi connectivity index (χ3n) is 19.9. The van der Waals surface area contributed by atoms with E-state index < -0.39 is 6.16 Å². The van der Waals surface area contributed by atoms with Crippen molar-refractivity contribution in [2.45, 2.75) is 301 Å². The number of allylic oxidation sites excluding steroid dienone is 2. The van der Waals surface area contributed by atoms with Crippen molar-refractivity contribution in [2.24, 2.45) is 40.9 Å². The average molecular weight is 950 g/mol. The maximum Gasteiger partial charge on any atom is 0.508 e. The summed E-state index contributed by atoms with van der Waals surface area (Å²) in [5.74, 6) is 3.26. The Balaban J connectivity index is 0.822. The number of methoxy groups -OCH3 is 1. The number of esters is 1. The summed E-state index contributed by atoms with van der Waals surface area (Å²) in [6.45, 7) is 10.9. The molecule has 0 heterocycles. The van der Waals surface area contributed by atoms with E-state index in [1.165, 1.54) is 122 Å². The lowest BCUT2D eigenvalue weighted by Crippen LogP contribution is -2.55. The minimum absolute atomic E-state index is 0.0468. The van der Waals surface area contributed by atoms with E-state index in [2.05, 4.69) is 44.7 Å². The molecule has 8 saturated carbocycles. The number of carbonyl (C=O) groups is 2. The third kappa shape index (κ3) is 14.5. The second-order valence-electron chi connectivity index (χ2n) is 25.0. The molecule has 9 heteroatoms. The molecule has 0 N–H and O–H groups in total. The van der Waals surface area contributed by atoms with Crippen molar-refractivity contribution in [1.82, 2.24) is 4.90 Å². The smallest absolute Gasteiger partial charge is 0.462 e.